The van der Waals surface area contributed by atoms with E-state index in [4.69, 9.17) is 33.8 Å². The van der Waals surface area contributed by atoms with Crippen molar-refractivity contribution in [2.75, 3.05) is 11.9 Å². The Bertz CT molecular complexity index is 2260. The fourth-order valence-corrected chi connectivity index (χ4v) is 10.4. The van der Waals surface area contributed by atoms with E-state index in [1.54, 1.807) is 0 Å². The van der Waals surface area contributed by atoms with Gasteiger partial charge < -0.3 is 15.3 Å². The zero-order valence-electron chi connectivity index (χ0n) is 33.7. The quantitative estimate of drug-likeness (QED) is 0.252. The van der Waals surface area contributed by atoms with Crippen molar-refractivity contribution < 1.29 is 14.4 Å². The number of amides is 1. The summed E-state index contributed by atoms with van der Waals surface area (Å²) in [6.45, 7) is 25.5. The standard InChI is InChI=1S/C28H30N4O2.C18H22N4O/c1-17-21-15-14-20-23(18-10-6-4-7-11-18)30-27(32-26(34)19-12-8-5-9-13-19)31-25(20)28(21,2)16-22(29-3)24(17)33;1-10-13-6-5-12-11(2)21-15(7-8-19)22-17(12)18(13,3)9-14(20-4)16(10)23/h4,6-7,10-11,16-17,19,21H,5,8-9,12-15H2,1-2H3,(H,30,31,32,34);9-10,13H,5-8,19H2,1-3H3/t17-,21-,28-;10-,13-,18-/m11/s1. The number of anilines is 1. The number of allylic oxidation sites excluding steroid dienone is 4. The fourth-order valence-electron chi connectivity index (χ4n) is 10.4. The molecule has 57 heavy (non-hydrogen) atoms. The maximum Gasteiger partial charge on any atom is 0.230 e. The summed E-state index contributed by atoms with van der Waals surface area (Å²) in [6, 6.07) is 9.99. The Morgan fingerprint density at radius 2 is 1.37 bits per heavy atom. The number of benzene rings is 1. The zero-order chi connectivity index (χ0) is 40.6. The SMILES string of the molecule is [C-]#[N+]C1=C[C@@]2(C)c3nc(CCN)nc(C)c3CC[C@@H]2[C@@H](C)C1=O.[C-]#[N+]C1=C[C@@]2(C)c3nc(NC(=O)C4CCCCC4)nc(-c4ccccc4)c3CC[C@@H]2[C@@H](C)C1=O. The van der Waals surface area contributed by atoms with Gasteiger partial charge in [-0.25, -0.2) is 29.6 Å². The predicted octanol–water partition coefficient (Wildman–Crippen LogP) is 7.63. The number of ketones is 2. The smallest absolute Gasteiger partial charge is 0.230 e. The van der Waals surface area contributed by atoms with Crippen LogP contribution in [0.5, 0.6) is 0 Å². The second-order valence-corrected chi connectivity index (χ2v) is 16.9. The number of carbonyl (C=O) groups excluding carboxylic acids is 3. The third-order valence-corrected chi connectivity index (χ3v) is 13.5. The van der Waals surface area contributed by atoms with Gasteiger partial charge >= 0.3 is 0 Å². The molecule has 294 valence electrons. The third-order valence-electron chi connectivity index (χ3n) is 13.5. The molecule has 2 heterocycles. The number of aryl methyl sites for hydroxylation is 1. The number of aromatic nitrogens is 4. The second-order valence-electron chi connectivity index (χ2n) is 16.9. The first-order valence-electron chi connectivity index (χ1n) is 20.5. The molecule has 11 nitrogen and oxygen atoms in total. The minimum atomic E-state index is -0.572. The van der Waals surface area contributed by atoms with Gasteiger partial charge in [0.2, 0.25) is 23.2 Å². The van der Waals surface area contributed by atoms with E-state index in [9.17, 15) is 14.4 Å². The zero-order valence-corrected chi connectivity index (χ0v) is 33.7. The number of hydrogen-bond donors (Lipinski definition) is 2. The summed E-state index contributed by atoms with van der Waals surface area (Å²) < 4.78 is 0. The molecule has 0 radical (unpaired) electrons. The normalized spacial score (nSPS) is 27.7. The van der Waals surface area contributed by atoms with Crippen LogP contribution in [0.4, 0.5) is 5.95 Å². The average Bonchev–Trinajstić information content (AvgIpc) is 3.22. The van der Waals surface area contributed by atoms with Crippen LogP contribution in [0.15, 0.2) is 53.9 Å². The minimum absolute atomic E-state index is 0.00201. The van der Waals surface area contributed by atoms with Crippen molar-refractivity contribution in [1.29, 1.82) is 0 Å². The molecule has 8 rings (SSSR count). The van der Waals surface area contributed by atoms with Crippen molar-refractivity contribution in [3.05, 3.63) is 111 Å². The van der Waals surface area contributed by atoms with E-state index in [2.05, 4.69) is 33.8 Å². The van der Waals surface area contributed by atoms with Gasteiger partial charge in [0.05, 0.1) is 30.2 Å². The number of fused-ring (bicyclic) bond motifs is 6. The summed E-state index contributed by atoms with van der Waals surface area (Å²) in [6.07, 6.45) is 12.9. The van der Waals surface area contributed by atoms with Crippen molar-refractivity contribution in [3.8, 4) is 11.3 Å². The molecule has 0 bridgehead atoms. The van der Waals surface area contributed by atoms with E-state index in [1.165, 1.54) is 12.0 Å². The van der Waals surface area contributed by atoms with Crippen LogP contribution in [0, 0.1) is 49.7 Å². The molecular weight excluding hydrogens is 713 g/mol. The van der Waals surface area contributed by atoms with Crippen LogP contribution >= 0.6 is 0 Å². The lowest BCUT2D eigenvalue weighted by Gasteiger charge is -2.46. The molecule has 11 heteroatoms. The van der Waals surface area contributed by atoms with Crippen LogP contribution in [0.1, 0.15) is 107 Å². The lowest BCUT2D eigenvalue weighted by atomic mass is 9.58. The molecule has 1 fully saturated rings. The summed E-state index contributed by atoms with van der Waals surface area (Å²) in [5.74, 6) is 0.802. The number of nitrogens with one attached hydrogen (secondary N) is 1. The molecule has 1 amide bonds. The topological polar surface area (TPSA) is 150 Å². The Kier molecular flexibility index (Phi) is 11.1. The minimum Gasteiger partial charge on any atom is -0.330 e. The molecule has 2 aromatic heterocycles. The lowest BCUT2D eigenvalue weighted by Crippen LogP contribution is -2.46. The van der Waals surface area contributed by atoms with Gasteiger partial charge in [0.15, 0.2) is 11.6 Å². The number of Topliss-reactive ketones (excluding diaryl/α,β-unsaturated/α-hetero) is 2. The first-order valence-corrected chi connectivity index (χ1v) is 20.5. The van der Waals surface area contributed by atoms with Crippen LogP contribution < -0.4 is 11.1 Å². The largest absolute Gasteiger partial charge is 0.330 e. The summed E-state index contributed by atoms with van der Waals surface area (Å²) in [7, 11) is 0. The Morgan fingerprint density at radius 1 is 0.807 bits per heavy atom. The number of hydrogen-bond acceptors (Lipinski definition) is 8. The number of rotatable bonds is 5. The molecule has 6 atom stereocenters. The van der Waals surface area contributed by atoms with Crippen molar-refractivity contribution in [3.63, 3.8) is 0 Å². The molecule has 1 saturated carbocycles. The van der Waals surface area contributed by atoms with E-state index in [0.29, 0.717) is 18.9 Å². The number of nitrogens with zero attached hydrogens (tertiary/aromatic N) is 6. The third kappa shape index (κ3) is 7.12. The fraction of sp³-hybridized carbons (Fsp3) is 0.500. The lowest BCUT2D eigenvalue weighted by molar-refractivity contribution is -0.122. The molecule has 0 saturated heterocycles. The summed E-state index contributed by atoms with van der Waals surface area (Å²) in [5.41, 5.74) is 12.0. The predicted molar refractivity (Wildman–Crippen MR) is 218 cm³/mol. The van der Waals surface area contributed by atoms with E-state index in [-0.39, 0.29) is 63.9 Å². The van der Waals surface area contributed by atoms with Crippen molar-refractivity contribution >= 4 is 23.4 Å². The Labute approximate surface area is 335 Å². The molecule has 1 aromatic carbocycles. The van der Waals surface area contributed by atoms with Gasteiger partial charge in [-0.1, -0.05) is 89.4 Å². The van der Waals surface area contributed by atoms with Crippen LogP contribution in [0.3, 0.4) is 0 Å². The Balaban J connectivity index is 0.000000188. The molecule has 3 aromatic rings. The van der Waals surface area contributed by atoms with Gasteiger partial charge in [0.25, 0.3) is 0 Å². The highest BCUT2D eigenvalue weighted by Gasteiger charge is 2.51. The van der Waals surface area contributed by atoms with E-state index in [0.717, 1.165) is 91.1 Å². The van der Waals surface area contributed by atoms with Gasteiger partial charge in [-0.15, -0.1) is 0 Å². The maximum absolute atomic E-state index is 13.1. The second kappa shape index (κ2) is 15.9. The number of nitrogens with two attached hydrogens (primary N) is 1. The maximum atomic E-state index is 13.1. The van der Waals surface area contributed by atoms with Crippen LogP contribution in [-0.4, -0.2) is 44.0 Å². The Hall–Kier alpha value is -5.39. The van der Waals surface area contributed by atoms with Crippen LogP contribution in [-0.2, 0) is 44.5 Å². The molecule has 5 aliphatic rings. The van der Waals surface area contributed by atoms with Crippen molar-refractivity contribution in [2.45, 2.75) is 110 Å². The van der Waals surface area contributed by atoms with E-state index < -0.39 is 5.41 Å². The van der Waals surface area contributed by atoms with Gasteiger partial charge in [-0.05, 0) is 69.4 Å². The summed E-state index contributed by atoms with van der Waals surface area (Å²) in [5, 5.41) is 3.02. The molecule has 5 aliphatic carbocycles. The molecule has 0 aliphatic heterocycles. The highest BCUT2D eigenvalue weighted by atomic mass is 16.2. The van der Waals surface area contributed by atoms with Gasteiger partial charge in [0.1, 0.15) is 5.82 Å². The van der Waals surface area contributed by atoms with Gasteiger partial charge in [-0.3, -0.25) is 10.1 Å². The van der Waals surface area contributed by atoms with E-state index in [1.807, 2.05) is 63.3 Å². The summed E-state index contributed by atoms with van der Waals surface area (Å²) in [4.78, 5) is 64.3. The molecular formula is C46H52N8O3. The van der Waals surface area contributed by atoms with Crippen molar-refractivity contribution in [2.24, 2.45) is 35.3 Å². The first-order chi connectivity index (χ1) is 27.3. The first kappa shape index (κ1) is 39.8. The highest BCUT2D eigenvalue weighted by Crippen LogP contribution is 2.52. The van der Waals surface area contributed by atoms with Gasteiger partial charge in [0, 0.05) is 51.8 Å². The van der Waals surface area contributed by atoms with Gasteiger partial charge in [-0.2, -0.15) is 0 Å². The molecule has 3 N–H and O–H groups in total. The molecule has 0 unspecified atom stereocenters. The highest BCUT2D eigenvalue weighted by molar-refractivity contribution is 6.01. The Morgan fingerprint density at radius 3 is 1.93 bits per heavy atom. The van der Waals surface area contributed by atoms with E-state index >= 15 is 0 Å². The molecule has 0 spiro atoms. The average molecular weight is 765 g/mol. The van der Waals surface area contributed by atoms with Crippen LogP contribution in [0.2, 0.25) is 0 Å². The van der Waals surface area contributed by atoms with Crippen molar-refractivity contribution in [1.82, 2.24) is 19.9 Å². The monoisotopic (exact) mass is 764 g/mol. The number of carbonyl (C=O) groups is 3. The van der Waals surface area contributed by atoms with Crippen LogP contribution in [0.25, 0.3) is 20.9 Å². The summed E-state index contributed by atoms with van der Waals surface area (Å²) >= 11 is 0.